The van der Waals surface area contributed by atoms with Gasteiger partial charge in [0.15, 0.2) is 0 Å². The highest BCUT2D eigenvalue weighted by molar-refractivity contribution is 5.08. The Hall–Kier alpha value is -0.600. The SMILES string of the molecule is CC(C)(C)C1C([N+](=O)[O-])C1C(C)(C)C. The summed E-state index contributed by atoms with van der Waals surface area (Å²) < 4.78 is 0. The number of hydrogen-bond acceptors (Lipinski definition) is 2. The fraction of sp³-hybridized carbons (Fsp3) is 1.00. The third-order valence-corrected chi connectivity index (χ3v) is 3.23. The molecule has 0 aromatic carbocycles. The molecule has 2 unspecified atom stereocenters. The second-order valence-electron chi connectivity index (χ2n) is 6.56. The number of rotatable bonds is 1. The van der Waals surface area contributed by atoms with Crippen LogP contribution in [0.25, 0.3) is 0 Å². The molecule has 0 saturated heterocycles. The molecule has 0 bridgehead atoms. The maximum Gasteiger partial charge on any atom is 0.220 e. The van der Waals surface area contributed by atoms with Gasteiger partial charge in [-0.25, -0.2) is 0 Å². The van der Waals surface area contributed by atoms with Crippen LogP contribution < -0.4 is 0 Å². The first kappa shape index (κ1) is 11.5. The molecule has 3 nitrogen and oxygen atoms in total. The highest BCUT2D eigenvalue weighted by Crippen LogP contribution is 2.59. The summed E-state index contributed by atoms with van der Waals surface area (Å²) in [7, 11) is 0. The number of hydrogen-bond donors (Lipinski definition) is 0. The molecule has 1 saturated carbocycles. The molecule has 1 fully saturated rings. The van der Waals surface area contributed by atoms with Crippen LogP contribution in [0.15, 0.2) is 0 Å². The molecule has 1 aliphatic carbocycles. The average Bonchev–Trinajstić information content (AvgIpc) is 2.54. The number of nitrogens with zero attached hydrogens (tertiary/aromatic N) is 1. The summed E-state index contributed by atoms with van der Waals surface area (Å²) in [5.74, 6) is 0.468. The summed E-state index contributed by atoms with van der Waals surface area (Å²) in [5.41, 5.74) is 0.103. The van der Waals surface area contributed by atoms with Crippen molar-refractivity contribution in [1.29, 1.82) is 0 Å². The summed E-state index contributed by atoms with van der Waals surface area (Å²) in [6.45, 7) is 12.6. The zero-order chi connectivity index (χ0) is 11.3. The van der Waals surface area contributed by atoms with Crippen LogP contribution in [-0.2, 0) is 0 Å². The van der Waals surface area contributed by atoms with Crippen LogP contribution in [0.2, 0.25) is 0 Å². The molecular weight excluding hydrogens is 178 g/mol. The molecular formula is C11H21NO2. The fourth-order valence-corrected chi connectivity index (χ4v) is 2.66. The average molecular weight is 199 g/mol. The van der Waals surface area contributed by atoms with Crippen molar-refractivity contribution in [1.82, 2.24) is 0 Å². The molecule has 82 valence electrons. The van der Waals surface area contributed by atoms with E-state index in [-0.39, 0.29) is 33.6 Å². The van der Waals surface area contributed by atoms with Crippen LogP contribution in [0.4, 0.5) is 0 Å². The lowest BCUT2D eigenvalue weighted by Crippen LogP contribution is -2.16. The standard InChI is InChI=1S/C11H21NO2/c1-10(2,3)7-8(11(4,5)6)9(7)12(13)14/h7-9H,1-6H3. The normalized spacial score (nSPS) is 32.9. The van der Waals surface area contributed by atoms with Gasteiger partial charge in [0.25, 0.3) is 0 Å². The van der Waals surface area contributed by atoms with Crippen molar-refractivity contribution < 1.29 is 4.92 Å². The van der Waals surface area contributed by atoms with E-state index in [0.717, 1.165) is 0 Å². The monoisotopic (exact) mass is 199 g/mol. The van der Waals surface area contributed by atoms with E-state index in [4.69, 9.17) is 0 Å². The van der Waals surface area contributed by atoms with Gasteiger partial charge in [0, 0.05) is 16.8 Å². The fourth-order valence-electron chi connectivity index (χ4n) is 2.66. The topological polar surface area (TPSA) is 43.1 Å². The first-order chi connectivity index (χ1) is 6.07. The third-order valence-electron chi connectivity index (χ3n) is 3.23. The van der Waals surface area contributed by atoms with Crippen molar-refractivity contribution in [2.75, 3.05) is 0 Å². The molecule has 0 aromatic rings. The van der Waals surface area contributed by atoms with Crippen molar-refractivity contribution >= 4 is 0 Å². The Labute approximate surface area is 86.0 Å². The summed E-state index contributed by atoms with van der Waals surface area (Å²) in [5, 5.41) is 10.9. The maximum absolute atomic E-state index is 10.9. The van der Waals surface area contributed by atoms with E-state index in [1.807, 2.05) is 0 Å². The Morgan fingerprint density at radius 2 is 1.21 bits per heavy atom. The summed E-state index contributed by atoms with van der Waals surface area (Å²) >= 11 is 0. The number of nitro groups is 1. The summed E-state index contributed by atoms with van der Waals surface area (Å²) in [6.07, 6.45) is 0. The van der Waals surface area contributed by atoms with E-state index in [1.54, 1.807) is 0 Å². The Bertz CT molecular complexity index is 227. The van der Waals surface area contributed by atoms with Crippen LogP contribution in [0.5, 0.6) is 0 Å². The Morgan fingerprint density at radius 3 is 1.29 bits per heavy atom. The minimum absolute atomic E-state index is 0.0513. The van der Waals surface area contributed by atoms with Crippen LogP contribution in [-0.4, -0.2) is 11.0 Å². The molecule has 1 aliphatic rings. The molecule has 14 heavy (non-hydrogen) atoms. The van der Waals surface area contributed by atoms with E-state index in [9.17, 15) is 10.1 Å². The van der Waals surface area contributed by atoms with E-state index in [2.05, 4.69) is 41.5 Å². The van der Waals surface area contributed by atoms with Crippen LogP contribution >= 0.6 is 0 Å². The summed E-state index contributed by atoms with van der Waals surface area (Å²) in [6, 6.07) is -0.324. The molecule has 0 radical (unpaired) electrons. The lowest BCUT2D eigenvalue weighted by molar-refractivity contribution is -0.504. The Morgan fingerprint density at radius 1 is 0.929 bits per heavy atom. The largest absolute Gasteiger partial charge is 0.264 e. The molecule has 3 heteroatoms. The van der Waals surface area contributed by atoms with E-state index >= 15 is 0 Å². The quantitative estimate of drug-likeness (QED) is 0.481. The predicted octanol–water partition coefficient (Wildman–Crippen LogP) is 2.97. The van der Waals surface area contributed by atoms with Crippen LogP contribution in [0, 0.1) is 32.8 Å². The molecule has 0 aromatic heterocycles. The molecule has 0 spiro atoms. The van der Waals surface area contributed by atoms with E-state index < -0.39 is 0 Å². The Balaban J connectivity index is 2.85. The van der Waals surface area contributed by atoms with Gasteiger partial charge < -0.3 is 0 Å². The second kappa shape index (κ2) is 2.94. The first-order valence-corrected chi connectivity index (χ1v) is 5.20. The van der Waals surface area contributed by atoms with Crippen LogP contribution in [0.1, 0.15) is 41.5 Å². The van der Waals surface area contributed by atoms with Gasteiger partial charge in [0.1, 0.15) is 0 Å². The van der Waals surface area contributed by atoms with Gasteiger partial charge in [0.05, 0.1) is 0 Å². The van der Waals surface area contributed by atoms with Gasteiger partial charge in [-0.05, 0) is 10.8 Å². The van der Waals surface area contributed by atoms with Crippen molar-refractivity contribution in [2.24, 2.45) is 22.7 Å². The van der Waals surface area contributed by atoms with Gasteiger partial charge in [0.2, 0.25) is 6.04 Å². The second-order valence-corrected chi connectivity index (χ2v) is 6.56. The first-order valence-electron chi connectivity index (χ1n) is 5.20. The highest BCUT2D eigenvalue weighted by Gasteiger charge is 2.68. The minimum atomic E-state index is -0.324. The molecule has 2 atom stereocenters. The van der Waals surface area contributed by atoms with Gasteiger partial charge in [-0.3, -0.25) is 10.1 Å². The lowest BCUT2D eigenvalue weighted by atomic mass is 9.81. The Kier molecular flexibility index (Phi) is 2.41. The maximum atomic E-state index is 10.9. The minimum Gasteiger partial charge on any atom is -0.264 e. The predicted molar refractivity (Wildman–Crippen MR) is 56.7 cm³/mol. The molecule has 0 N–H and O–H groups in total. The molecule has 0 heterocycles. The van der Waals surface area contributed by atoms with Crippen molar-refractivity contribution in [3.63, 3.8) is 0 Å². The smallest absolute Gasteiger partial charge is 0.220 e. The van der Waals surface area contributed by atoms with Crippen molar-refractivity contribution in [3.8, 4) is 0 Å². The van der Waals surface area contributed by atoms with Gasteiger partial charge in [-0.15, -0.1) is 0 Å². The van der Waals surface area contributed by atoms with Crippen molar-refractivity contribution in [2.45, 2.75) is 47.6 Å². The van der Waals surface area contributed by atoms with E-state index in [1.165, 1.54) is 0 Å². The van der Waals surface area contributed by atoms with Crippen molar-refractivity contribution in [3.05, 3.63) is 10.1 Å². The molecule has 0 aliphatic heterocycles. The van der Waals surface area contributed by atoms with Gasteiger partial charge in [-0.2, -0.15) is 0 Å². The highest BCUT2D eigenvalue weighted by atomic mass is 16.6. The zero-order valence-corrected chi connectivity index (χ0v) is 10.00. The molecule has 1 rings (SSSR count). The van der Waals surface area contributed by atoms with E-state index in [0.29, 0.717) is 0 Å². The van der Waals surface area contributed by atoms with Gasteiger partial charge in [-0.1, -0.05) is 41.5 Å². The van der Waals surface area contributed by atoms with Crippen LogP contribution in [0.3, 0.4) is 0 Å². The zero-order valence-electron chi connectivity index (χ0n) is 10.00. The summed E-state index contributed by atoms with van der Waals surface area (Å²) in [4.78, 5) is 10.8. The third kappa shape index (κ3) is 1.91. The van der Waals surface area contributed by atoms with Gasteiger partial charge >= 0.3 is 0 Å². The molecule has 0 amide bonds. The lowest BCUT2D eigenvalue weighted by Gasteiger charge is -2.21.